The third-order valence-electron chi connectivity index (χ3n) is 2.39. The predicted molar refractivity (Wildman–Crippen MR) is 64.5 cm³/mol. The molecule has 1 aromatic heterocycles. The molecule has 0 spiro atoms. The molecule has 2 N–H and O–H groups in total. The number of anilines is 1. The molecule has 0 saturated carbocycles. The van der Waals surface area contributed by atoms with Gasteiger partial charge in [-0.3, -0.25) is 4.79 Å². The molecular weight excluding hydrogens is 253 g/mol. The number of carbonyl (C=O) groups is 2. The topological polar surface area (TPSA) is 84.2 Å². The van der Waals surface area contributed by atoms with Gasteiger partial charge >= 0.3 is 5.97 Å². The van der Waals surface area contributed by atoms with Gasteiger partial charge in [0.1, 0.15) is 11.5 Å². The number of carboxylic acids is 1. The zero-order valence-corrected chi connectivity index (χ0v) is 9.92. The van der Waals surface area contributed by atoms with E-state index in [-0.39, 0.29) is 11.4 Å². The second kappa shape index (κ2) is 4.89. The summed E-state index contributed by atoms with van der Waals surface area (Å²) in [5.74, 6) is -2.75. The second-order valence-electron chi connectivity index (χ2n) is 3.88. The minimum Gasteiger partial charge on any atom is -0.478 e. The zero-order chi connectivity index (χ0) is 14.0. The van der Waals surface area contributed by atoms with Gasteiger partial charge < -0.3 is 15.0 Å². The first kappa shape index (κ1) is 12.7. The zero-order valence-electron chi connectivity index (χ0n) is 9.92. The Bertz CT molecular complexity index is 651. The first-order valence-electron chi connectivity index (χ1n) is 5.29. The summed E-state index contributed by atoms with van der Waals surface area (Å²) in [6.07, 6.45) is 2.97. The number of imidazole rings is 1. The molecule has 0 unspecified atom stereocenters. The van der Waals surface area contributed by atoms with E-state index in [4.69, 9.17) is 5.11 Å². The lowest BCUT2D eigenvalue weighted by atomic mass is 10.2. The van der Waals surface area contributed by atoms with Gasteiger partial charge in [-0.1, -0.05) is 0 Å². The van der Waals surface area contributed by atoms with Crippen LogP contribution < -0.4 is 5.32 Å². The smallest absolute Gasteiger partial charge is 0.338 e. The quantitative estimate of drug-likeness (QED) is 0.879. The monoisotopic (exact) mass is 263 g/mol. The summed E-state index contributed by atoms with van der Waals surface area (Å²) in [6, 6.07) is 3.32. The Hall–Kier alpha value is -2.70. The normalized spacial score (nSPS) is 10.2. The maximum absolute atomic E-state index is 13.2. The number of aromatic nitrogens is 2. The van der Waals surface area contributed by atoms with Crippen LogP contribution in [0.2, 0.25) is 0 Å². The van der Waals surface area contributed by atoms with E-state index in [2.05, 4.69) is 10.3 Å². The number of amides is 1. The SMILES string of the molecule is Cn1cnc(C(=O)Nc2ccc(F)c(C(=O)O)c2)c1. The van der Waals surface area contributed by atoms with Crippen molar-refractivity contribution in [2.75, 3.05) is 5.32 Å². The van der Waals surface area contributed by atoms with E-state index in [0.717, 1.165) is 12.1 Å². The van der Waals surface area contributed by atoms with Crippen molar-refractivity contribution in [2.24, 2.45) is 7.05 Å². The molecule has 19 heavy (non-hydrogen) atoms. The summed E-state index contributed by atoms with van der Waals surface area (Å²) < 4.78 is 14.8. The van der Waals surface area contributed by atoms with Crippen LogP contribution in [0.1, 0.15) is 20.8 Å². The van der Waals surface area contributed by atoms with Crippen molar-refractivity contribution in [2.45, 2.75) is 0 Å². The Kier molecular flexibility index (Phi) is 3.28. The van der Waals surface area contributed by atoms with Crippen molar-refractivity contribution in [1.29, 1.82) is 0 Å². The number of carbonyl (C=O) groups excluding carboxylic acids is 1. The van der Waals surface area contributed by atoms with E-state index >= 15 is 0 Å². The lowest BCUT2D eigenvalue weighted by Gasteiger charge is -2.05. The number of halogens is 1. The Morgan fingerprint density at radius 2 is 2.16 bits per heavy atom. The molecule has 0 bridgehead atoms. The van der Waals surface area contributed by atoms with Crippen molar-refractivity contribution in [3.8, 4) is 0 Å². The fraction of sp³-hybridized carbons (Fsp3) is 0.0833. The molecule has 98 valence electrons. The Labute approximate surface area is 107 Å². The number of hydrogen-bond donors (Lipinski definition) is 2. The van der Waals surface area contributed by atoms with Gasteiger partial charge in [-0.25, -0.2) is 14.2 Å². The van der Waals surface area contributed by atoms with Gasteiger partial charge in [-0.2, -0.15) is 0 Å². The van der Waals surface area contributed by atoms with Crippen molar-refractivity contribution >= 4 is 17.6 Å². The average molecular weight is 263 g/mol. The number of hydrogen-bond acceptors (Lipinski definition) is 3. The van der Waals surface area contributed by atoms with Gasteiger partial charge in [0.15, 0.2) is 0 Å². The molecule has 2 aromatic rings. The molecule has 7 heteroatoms. The summed E-state index contributed by atoms with van der Waals surface area (Å²) >= 11 is 0. The van der Waals surface area contributed by atoms with Crippen LogP contribution in [-0.2, 0) is 7.05 Å². The molecule has 1 aromatic carbocycles. The van der Waals surface area contributed by atoms with Gasteiger partial charge in [0.25, 0.3) is 5.91 Å². The summed E-state index contributed by atoms with van der Waals surface area (Å²) in [5, 5.41) is 11.2. The minimum atomic E-state index is -1.40. The number of rotatable bonds is 3. The first-order chi connectivity index (χ1) is 8.97. The van der Waals surface area contributed by atoms with E-state index in [0.29, 0.717) is 0 Å². The molecule has 6 nitrogen and oxygen atoms in total. The van der Waals surface area contributed by atoms with Crippen molar-refractivity contribution in [3.63, 3.8) is 0 Å². The van der Waals surface area contributed by atoms with Crippen LogP contribution in [0.5, 0.6) is 0 Å². The summed E-state index contributed by atoms with van der Waals surface area (Å²) in [6.45, 7) is 0. The van der Waals surface area contributed by atoms with Crippen LogP contribution in [0.25, 0.3) is 0 Å². The Balaban J connectivity index is 2.22. The second-order valence-corrected chi connectivity index (χ2v) is 3.88. The highest BCUT2D eigenvalue weighted by atomic mass is 19.1. The number of nitrogens with zero attached hydrogens (tertiary/aromatic N) is 2. The fourth-order valence-corrected chi connectivity index (χ4v) is 1.49. The minimum absolute atomic E-state index is 0.184. The number of aromatic carboxylic acids is 1. The molecular formula is C12H10FN3O3. The molecule has 0 radical (unpaired) electrons. The number of carboxylic acid groups (broad SMARTS) is 1. The van der Waals surface area contributed by atoms with E-state index in [1.165, 1.54) is 18.6 Å². The van der Waals surface area contributed by atoms with Crippen molar-refractivity contribution in [3.05, 3.63) is 47.8 Å². The lowest BCUT2D eigenvalue weighted by molar-refractivity contribution is 0.0691. The van der Waals surface area contributed by atoms with Crippen molar-refractivity contribution in [1.82, 2.24) is 9.55 Å². The molecule has 0 saturated heterocycles. The van der Waals surface area contributed by atoms with Gasteiger partial charge in [0.05, 0.1) is 11.9 Å². The van der Waals surface area contributed by atoms with Crippen LogP contribution >= 0.6 is 0 Å². The highest BCUT2D eigenvalue weighted by Gasteiger charge is 2.13. The van der Waals surface area contributed by atoms with Gasteiger partial charge in [-0.05, 0) is 18.2 Å². The lowest BCUT2D eigenvalue weighted by Crippen LogP contribution is -2.13. The fourth-order valence-electron chi connectivity index (χ4n) is 1.49. The summed E-state index contributed by atoms with van der Waals surface area (Å²) in [5.41, 5.74) is -0.128. The predicted octanol–water partition coefficient (Wildman–Crippen LogP) is 1.51. The molecule has 0 aliphatic carbocycles. The molecule has 0 atom stereocenters. The summed E-state index contributed by atoms with van der Waals surface area (Å²) in [7, 11) is 1.71. The van der Waals surface area contributed by atoms with Gasteiger partial charge in [-0.15, -0.1) is 0 Å². The van der Waals surface area contributed by atoms with Gasteiger partial charge in [0, 0.05) is 18.9 Å². The largest absolute Gasteiger partial charge is 0.478 e. The van der Waals surface area contributed by atoms with Crippen LogP contribution in [0, 0.1) is 5.82 Å². The molecule has 0 aliphatic rings. The van der Waals surface area contributed by atoms with Crippen molar-refractivity contribution < 1.29 is 19.1 Å². The van der Waals surface area contributed by atoms with Crippen LogP contribution in [0.4, 0.5) is 10.1 Å². The van der Waals surface area contributed by atoms with E-state index in [9.17, 15) is 14.0 Å². The molecule has 0 fully saturated rings. The van der Waals surface area contributed by atoms with E-state index < -0.39 is 23.3 Å². The van der Waals surface area contributed by atoms with Crippen LogP contribution in [0.3, 0.4) is 0 Å². The molecule has 1 amide bonds. The molecule has 0 aliphatic heterocycles. The van der Waals surface area contributed by atoms with E-state index in [1.807, 2.05) is 0 Å². The Morgan fingerprint density at radius 3 is 2.74 bits per heavy atom. The van der Waals surface area contributed by atoms with E-state index in [1.54, 1.807) is 11.6 Å². The average Bonchev–Trinajstić information content (AvgIpc) is 2.78. The highest BCUT2D eigenvalue weighted by Crippen LogP contribution is 2.15. The number of nitrogens with one attached hydrogen (secondary N) is 1. The number of benzene rings is 1. The maximum Gasteiger partial charge on any atom is 0.338 e. The van der Waals surface area contributed by atoms with Gasteiger partial charge in [0.2, 0.25) is 0 Å². The maximum atomic E-state index is 13.2. The third-order valence-corrected chi connectivity index (χ3v) is 2.39. The standard InChI is InChI=1S/C12H10FN3O3/c1-16-5-10(14-6-16)11(17)15-7-2-3-9(13)8(4-7)12(18)19/h2-6H,1H3,(H,15,17)(H,18,19). The third kappa shape index (κ3) is 2.76. The number of aryl methyl sites for hydroxylation is 1. The Morgan fingerprint density at radius 1 is 1.42 bits per heavy atom. The highest BCUT2D eigenvalue weighted by molar-refractivity contribution is 6.03. The molecule has 2 rings (SSSR count). The van der Waals surface area contributed by atoms with Crippen LogP contribution in [-0.4, -0.2) is 26.5 Å². The first-order valence-corrected chi connectivity index (χ1v) is 5.29. The summed E-state index contributed by atoms with van der Waals surface area (Å²) in [4.78, 5) is 26.4. The van der Waals surface area contributed by atoms with Crippen LogP contribution in [0.15, 0.2) is 30.7 Å². The molecule has 1 heterocycles.